The first-order chi connectivity index (χ1) is 8.72. The summed E-state index contributed by atoms with van der Waals surface area (Å²) in [6.45, 7) is 6.36. The molecule has 0 aromatic rings. The highest BCUT2D eigenvalue weighted by Crippen LogP contribution is 2.31. The molecule has 4 nitrogen and oxygen atoms in total. The Morgan fingerprint density at radius 1 is 1.44 bits per heavy atom. The minimum Gasteiger partial charge on any atom is -0.384 e. The van der Waals surface area contributed by atoms with E-state index < -0.39 is 0 Å². The maximum absolute atomic E-state index is 12.7. The summed E-state index contributed by atoms with van der Waals surface area (Å²) in [5, 5.41) is 3.31. The molecule has 1 amide bonds. The molecule has 0 bridgehead atoms. The van der Waals surface area contributed by atoms with Crippen LogP contribution >= 0.6 is 0 Å². The van der Waals surface area contributed by atoms with Crippen molar-refractivity contribution in [1.29, 1.82) is 0 Å². The summed E-state index contributed by atoms with van der Waals surface area (Å²) in [6.07, 6.45) is 4.48. The van der Waals surface area contributed by atoms with Crippen LogP contribution in [-0.4, -0.2) is 50.7 Å². The molecule has 2 aliphatic rings. The molecule has 0 spiro atoms. The molecule has 4 heteroatoms. The molecule has 0 aromatic heterocycles. The number of methoxy groups -OCH3 is 1. The van der Waals surface area contributed by atoms with Gasteiger partial charge in [0.05, 0.1) is 12.0 Å². The van der Waals surface area contributed by atoms with Gasteiger partial charge in [-0.1, -0.05) is 13.3 Å². The van der Waals surface area contributed by atoms with Gasteiger partial charge in [0.1, 0.15) is 0 Å². The zero-order valence-corrected chi connectivity index (χ0v) is 11.7. The quantitative estimate of drug-likeness (QED) is 0.821. The van der Waals surface area contributed by atoms with Crippen LogP contribution in [0.25, 0.3) is 0 Å². The van der Waals surface area contributed by atoms with Crippen molar-refractivity contribution < 1.29 is 9.53 Å². The smallest absolute Gasteiger partial charge is 0.232 e. The lowest BCUT2D eigenvalue weighted by Crippen LogP contribution is -2.50. The normalized spacial score (nSPS) is 29.8. The maximum Gasteiger partial charge on any atom is 0.232 e. The Morgan fingerprint density at radius 3 is 2.67 bits per heavy atom. The van der Waals surface area contributed by atoms with Crippen LogP contribution in [0.4, 0.5) is 0 Å². The lowest BCUT2D eigenvalue weighted by Gasteiger charge is -2.37. The molecule has 2 aliphatic heterocycles. The molecule has 2 heterocycles. The second-order valence-electron chi connectivity index (χ2n) is 5.78. The highest BCUT2D eigenvalue weighted by atomic mass is 16.5. The van der Waals surface area contributed by atoms with Crippen molar-refractivity contribution >= 4 is 5.91 Å². The summed E-state index contributed by atoms with van der Waals surface area (Å²) < 4.78 is 5.30. The monoisotopic (exact) mass is 254 g/mol. The number of likely N-dealkylation sites (tertiary alicyclic amines) is 1. The molecule has 0 aliphatic carbocycles. The van der Waals surface area contributed by atoms with Crippen molar-refractivity contribution in [2.75, 3.05) is 39.9 Å². The third-order valence-corrected chi connectivity index (χ3v) is 4.60. The standard InChI is InChI=1S/C14H26N2O2/c1-3-12-4-8-16(9-5-12)13(17)14(11-18-2)6-7-15-10-14/h12,15H,3-11H2,1-2H3. The average molecular weight is 254 g/mol. The molecule has 2 fully saturated rings. The summed E-state index contributed by atoms with van der Waals surface area (Å²) in [5.74, 6) is 1.12. The van der Waals surface area contributed by atoms with Crippen LogP contribution < -0.4 is 5.32 Å². The number of nitrogens with zero attached hydrogens (tertiary/aromatic N) is 1. The predicted octanol–water partition coefficient (Wildman–Crippen LogP) is 1.26. The van der Waals surface area contributed by atoms with Gasteiger partial charge >= 0.3 is 0 Å². The van der Waals surface area contributed by atoms with Crippen molar-refractivity contribution in [3.8, 4) is 0 Å². The molecule has 1 N–H and O–H groups in total. The van der Waals surface area contributed by atoms with Crippen LogP contribution in [0.2, 0.25) is 0 Å². The molecule has 1 unspecified atom stereocenters. The van der Waals surface area contributed by atoms with E-state index in [1.165, 1.54) is 19.3 Å². The molecule has 0 aromatic carbocycles. The summed E-state index contributed by atoms with van der Waals surface area (Å²) >= 11 is 0. The number of amides is 1. The van der Waals surface area contributed by atoms with E-state index in [-0.39, 0.29) is 5.41 Å². The van der Waals surface area contributed by atoms with E-state index in [1.54, 1.807) is 7.11 Å². The second-order valence-corrected chi connectivity index (χ2v) is 5.78. The number of ether oxygens (including phenoxy) is 1. The van der Waals surface area contributed by atoms with Gasteiger partial charge < -0.3 is 15.0 Å². The first-order valence-electron chi connectivity index (χ1n) is 7.21. The zero-order chi connectivity index (χ0) is 13.0. The number of nitrogens with one attached hydrogen (secondary N) is 1. The van der Waals surface area contributed by atoms with Crippen molar-refractivity contribution in [2.24, 2.45) is 11.3 Å². The van der Waals surface area contributed by atoms with Crippen LogP contribution in [0, 0.1) is 11.3 Å². The lowest BCUT2D eigenvalue weighted by atomic mass is 9.84. The second kappa shape index (κ2) is 6.02. The largest absolute Gasteiger partial charge is 0.384 e. The minimum absolute atomic E-state index is 0.298. The fraction of sp³-hybridized carbons (Fsp3) is 0.929. The van der Waals surface area contributed by atoms with Crippen LogP contribution in [0.15, 0.2) is 0 Å². The fourth-order valence-electron chi connectivity index (χ4n) is 3.27. The van der Waals surface area contributed by atoms with E-state index >= 15 is 0 Å². The molecule has 0 radical (unpaired) electrons. The Hall–Kier alpha value is -0.610. The van der Waals surface area contributed by atoms with Crippen molar-refractivity contribution in [3.63, 3.8) is 0 Å². The summed E-state index contributed by atoms with van der Waals surface area (Å²) in [6, 6.07) is 0. The highest BCUT2D eigenvalue weighted by Gasteiger charge is 2.44. The molecule has 18 heavy (non-hydrogen) atoms. The Kier molecular flexibility index (Phi) is 4.62. The van der Waals surface area contributed by atoms with E-state index in [1.807, 2.05) is 0 Å². The van der Waals surface area contributed by atoms with Gasteiger partial charge in [-0.3, -0.25) is 4.79 Å². The van der Waals surface area contributed by atoms with E-state index in [9.17, 15) is 4.79 Å². The van der Waals surface area contributed by atoms with Crippen molar-refractivity contribution in [2.45, 2.75) is 32.6 Å². The van der Waals surface area contributed by atoms with E-state index in [2.05, 4.69) is 17.1 Å². The highest BCUT2D eigenvalue weighted by molar-refractivity contribution is 5.83. The van der Waals surface area contributed by atoms with Gasteiger partial charge in [0.2, 0.25) is 5.91 Å². The SMILES string of the molecule is CCC1CCN(C(=O)C2(COC)CCNC2)CC1. The van der Waals surface area contributed by atoms with Crippen LogP contribution in [0.3, 0.4) is 0 Å². The Labute approximate surface area is 110 Å². The molecule has 104 valence electrons. The number of carbonyl (C=O) groups excluding carboxylic acids is 1. The van der Waals surface area contributed by atoms with Crippen LogP contribution in [0.5, 0.6) is 0 Å². The topological polar surface area (TPSA) is 41.6 Å². The van der Waals surface area contributed by atoms with Gasteiger partial charge in [-0.25, -0.2) is 0 Å². The molecule has 2 saturated heterocycles. The van der Waals surface area contributed by atoms with Gasteiger partial charge in [0.25, 0.3) is 0 Å². The van der Waals surface area contributed by atoms with Gasteiger partial charge in [0, 0.05) is 26.7 Å². The minimum atomic E-state index is -0.298. The Morgan fingerprint density at radius 2 is 2.17 bits per heavy atom. The summed E-state index contributed by atoms with van der Waals surface area (Å²) in [5.41, 5.74) is -0.298. The predicted molar refractivity (Wildman–Crippen MR) is 71.4 cm³/mol. The average Bonchev–Trinajstić information content (AvgIpc) is 2.88. The molecular weight excluding hydrogens is 228 g/mol. The third kappa shape index (κ3) is 2.69. The lowest BCUT2D eigenvalue weighted by molar-refractivity contribution is -0.145. The van der Waals surface area contributed by atoms with E-state index in [0.29, 0.717) is 12.5 Å². The first-order valence-corrected chi connectivity index (χ1v) is 7.21. The first kappa shape index (κ1) is 13.8. The maximum atomic E-state index is 12.7. The summed E-state index contributed by atoms with van der Waals surface area (Å²) in [4.78, 5) is 14.8. The number of piperidine rings is 1. The van der Waals surface area contributed by atoms with Crippen LogP contribution in [-0.2, 0) is 9.53 Å². The molecule has 0 saturated carbocycles. The molecule has 2 rings (SSSR count). The Balaban J connectivity index is 1.97. The van der Waals surface area contributed by atoms with Crippen LogP contribution in [0.1, 0.15) is 32.6 Å². The fourth-order valence-corrected chi connectivity index (χ4v) is 3.27. The van der Waals surface area contributed by atoms with Gasteiger partial charge in [-0.2, -0.15) is 0 Å². The number of hydrogen-bond acceptors (Lipinski definition) is 3. The van der Waals surface area contributed by atoms with E-state index in [0.717, 1.165) is 38.5 Å². The summed E-state index contributed by atoms with van der Waals surface area (Å²) in [7, 11) is 1.69. The van der Waals surface area contributed by atoms with E-state index in [4.69, 9.17) is 4.74 Å². The Bertz CT molecular complexity index is 280. The van der Waals surface area contributed by atoms with Gasteiger partial charge in [0.15, 0.2) is 0 Å². The zero-order valence-electron chi connectivity index (χ0n) is 11.7. The number of rotatable bonds is 4. The van der Waals surface area contributed by atoms with Crippen molar-refractivity contribution in [3.05, 3.63) is 0 Å². The van der Waals surface area contributed by atoms with Gasteiger partial charge in [-0.05, 0) is 31.7 Å². The number of hydrogen-bond donors (Lipinski definition) is 1. The van der Waals surface area contributed by atoms with Crippen molar-refractivity contribution in [1.82, 2.24) is 10.2 Å². The molecule has 1 atom stereocenters. The third-order valence-electron chi connectivity index (χ3n) is 4.60. The number of carbonyl (C=O) groups is 1. The molecular formula is C14H26N2O2. The van der Waals surface area contributed by atoms with Gasteiger partial charge in [-0.15, -0.1) is 0 Å².